The van der Waals surface area contributed by atoms with Crippen molar-refractivity contribution >= 4 is 11.8 Å². The summed E-state index contributed by atoms with van der Waals surface area (Å²) in [6, 6.07) is 6.94. The lowest BCUT2D eigenvalue weighted by Crippen LogP contribution is -2.32. The average molecular weight is 400 g/mol. The number of methoxy groups -OCH3 is 3. The highest BCUT2D eigenvalue weighted by Gasteiger charge is 2.43. The number of ketones is 1. The fourth-order valence-corrected chi connectivity index (χ4v) is 4.09. The van der Waals surface area contributed by atoms with E-state index in [9.17, 15) is 14.7 Å². The fourth-order valence-electron chi connectivity index (χ4n) is 4.09. The van der Waals surface area contributed by atoms with Crippen molar-refractivity contribution in [2.75, 3.05) is 28.1 Å². The predicted molar refractivity (Wildman–Crippen MR) is 101 cm³/mol. The number of rotatable bonds is 5. The minimum Gasteiger partial charge on any atom is -0.493 e. The maximum atomic E-state index is 12.9. The second kappa shape index (κ2) is 7.20. The lowest BCUT2D eigenvalue weighted by Gasteiger charge is -2.32. The van der Waals surface area contributed by atoms with Gasteiger partial charge in [-0.25, -0.2) is 0 Å². The minimum atomic E-state index is -1.06. The van der Waals surface area contributed by atoms with Gasteiger partial charge in [-0.1, -0.05) is 6.07 Å². The third kappa shape index (κ3) is 2.91. The highest BCUT2D eigenvalue weighted by molar-refractivity contribution is 6.05. The van der Waals surface area contributed by atoms with Gasteiger partial charge in [0.1, 0.15) is 0 Å². The topological polar surface area (TPSA) is 101 Å². The number of carbonyl (C=O) groups is 2. The summed E-state index contributed by atoms with van der Waals surface area (Å²) in [4.78, 5) is 25.0. The first-order chi connectivity index (χ1) is 14.0. The highest BCUT2D eigenvalue weighted by atomic mass is 16.7. The maximum absolute atomic E-state index is 12.9. The maximum Gasteiger partial charge on any atom is 0.307 e. The largest absolute Gasteiger partial charge is 0.493 e. The van der Waals surface area contributed by atoms with Gasteiger partial charge in [-0.15, -0.1) is 0 Å². The third-order valence-electron chi connectivity index (χ3n) is 5.36. The molecule has 2 unspecified atom stereocenters. The normalized spacial score (nSPS) is 19.5. The molecule has 0 fully saturated rings. The van der Waals surface area contributed by atoms with Crippen molar-refractivity contribution < 1.29 is 38.4 Å². The summed E-state index contributed by atoms with van der Waals surface area (Å²) in [7, 11) is 4.36. The Morgan fingerprint density at radius 3 is 2.41 bits per heavy atom. The first kappa shape index (κ1) is 18.9. The number of carboxylic acid groups (broad SMARTS) is 1. The molecule has 1 N–H and O–H groups in total. The number of ether oxygens (including phenoxy) is 5. The molecule has 1 aliphatic heterocycles. The van der Waals surface area contributed by atoms with Gasteiger partial charge in [0, 0.05) is 12.3 Å². The molecule has 0 saturated carbocycles. The van der Waals surface area contributed by atoms with Gasteiger partial charge in [-0.3, -0.25) is 9.59 Å². The molecule has 152 valence electrons. The van der Waals surface area contributed by atoms with Gasteiger partial charge in [0.25, 0.3) is 0 Å². The zero-order valence-electron chi connectivity index (χ0n) is 16.2. The summed E-state index contributed by atoms with van der Waals surface area (Å²) >= 11 is 0. The number of fused-ring (bicyclic) bond motifs is 2. The monoisotopic (exact) mass is 400 g/mol. The predicted octanol–water partition coefficient (Wildman–Crippen LogP) is 2.86. The van der Waals surface area contributed by atoms with Crippen LogP contribution in [0.5, 0.6) is 28.7 Å². The van der Waals surface area contributed by atoms with E-state index in [4.69, 9.17) is 23.7 Å². The number of hydrogen-bond donors (Lipinski definition) is 1. The number of aliphatic carboxylic acids is 1. The van der Waals surface area contributed by atoms with E-state index in [2.05, 4.69) is 0 Å². The molecule has 0 spiro atoms. The van der Waals surface area contributed by atoms with Crippen molar-refractivity contribution in [1.82, 2.24) is 0 Å². The lowest BCUT2D eigenvalue weighted by atomic mass is 9.71. The van der Waals surface area contributed by atoms with Crippen LogP contribution in [0.2, 0.25) is 0 Å². The summed E-state index contributed by atoms with van der Waals surface area (Å²) in [5, 5.41) is 9.87. The molecular weight excluding hydrogens is 380 g/mol. The molecule has 2 aromatic rings. The van der Waals surface area contributed by atoms with Crippen molar-refractivity contribution in [3.8, 4) is 28.7 Å². The van der Waals surface area contributed by atoms with Crippen molar-refractivity contribution in [2.45, 2.75) is 12.3 Å². The second-order valence-electron chi connectivity index (χ2n) is 6.77. The van der Waals surface area contributed by atoms with E-state index >= 15 is 0 Å². The molecule has 29 heavy (non-hydrogen) atoms. The van der Waals surface area contributed by atoms with Crippen LogP contribution < -0.4 is 23.7 Å². The molecule has 8 nitrogen and oxygen atoms in total. The number of carboxylic acids is 1. The number of hydrogen-bond acceptors (Lipinski definition) is 7. The number of Topliss-reactive ketones (excluding diaryl/α,β-unsaturated/α-hetero) is 1. The Kier molecular flexibility index (Phi) is 4.70. The quantitative estimate of drug-likeness (QED) is 0.818. The molecule has 0 amide bonds. The molecule has 2 aliphatic rings. The molecule has 2 aromatic carbocycles. The Labute approximate surface area is 166 Å². The molecular formula is C21H20O8. The van der Waals surface area contributed by atoms with Gasteiger partial charge >= 0.3 is 5.97 Å². The molecule has 0 aromatic heterocycles. The molecule has 1 aliphatic carbocycles. The van der Waals surface area contributed by atoms with Gasteiger partial charge in [0.2, 0.25) is 12.5 Å². The summed E-state index contributed by atoms with van der Waals surface area (Å²) < 4.78 is 27.1. The van der Waals surface area contributed by atoms with Crippen LogP contribution >= 0.6 is 0 Å². The Bertz CT molecular complexity index is 997. The molecule has 0 radical (unpaired) electrons. The smallest absolute Gasteiger partial charge is 0.307 e. The van der Waals surface area contributed by atoms with E-state index in [1.165, 1.54) is 21.3 Å². The number of carbonyl (C=O) groups excluding carboxylic acids is 1. The Balaban J connectivity index is 1.98. The zero-order valence-corrected chi connectivity index (χ0v) is 16.2. The first-order valence-electron chi connectivity index (χ1n) is 8.98. The summed E-state index contributed by atoms with van der Waals surface area (Å²) in [6.45, 7) is 0.111. The van der Waals surface area contributed by atoms with E-state index in [0.717, 1.165) is 0 Å². The molecule has 2 atom stereocenters. The first-order valence-corrected chi connectivity index (χ1v) is 8.98. The van der Waals surface area contributed by atoms with Crippen LogP contribution in [0.1, 0.15) is 33.8 Å². The second-order valence-corrected chi connectivity index (χ2v) is 6.77. The lowest BCUT2D eigenvalue weighted by molar-refractivity contribution is -0.142. The summed E-state index contributed by atoms with van der Waals surface area (Å²) in [5.74, 6) is -0.909. The van der Waals surface area contributed by atoms with Gasteiger partial charge in [-0.2, -0.15) is 0 Å². The van der Waals surface area contributed by atoms with Crippen LogP contribution in [-0.4, -0.2) is 45.0 Å². The van der Waals surface area contributed by atoms with Crippen LogP contribution in [0.3, 0.4) is 0 Å². The van der Waals surface area contributed by atoms with Gasteiger partial charge in [0.15, 0.2) is 28.8 Å². The van der Waals surface area contributed by atoms with Crippen LogP contribution in [0.25, 0.3) is 0 Å². The summed E-state index contributed by atoms with van der Waals surface area (Å²) in [6.07, 6.45) is -0.159. The van der Waals surface area contributed by atoms with Crippen LogP contribution in [0.4, 0.5) is 0 Å². The molecule has 0 bridgehead atoms. The molecule has 4 rings (SSSR count). The summed E-state index contributed by atoms with van der Waals surface area (Å²) in [5.41, 5.74) is 1.53. The van der Waals surface area contributed by atoms with E-state index in [1.807, 2.05) is 0 Å². The molecule has 8 heteroatoms. The fraction of sp³-hybridized carbons (Fsp3) is 0.333. The third-order valence-corrected chi connectivity index (χ3v) is 5.36. The van der Waals surface area contributed by atoms with Crippen molar-refractivity contribution in [1.29, 1.82) is 0 Å². The minimum absolute atomic E-state index is 0.111. The van der Waals surface area contributed by atoms with E-state index in [-0.39, 0.29) is 24.7 Å². The van der Waals surface area contributed by atoms with Crippen molar-refractivity contribution in [3.05, 3.63) is 41.0 Å². The van der Waals surface area contributed by atoms with Gasteiger partial charge in [0.05, 0.1) is 32.8 Å². The van der Waals surface area contributed by atoms with Crippen molar-refractivity contribution in [2.24, 2.45) is 5.92 Å². The molecule has 0 saturated heterocycles. The standard InChI is InChI=1S/C21H20O8/c1-25-16-8-11-17(10-4-5-14-15(6-10)29-9-28-14)12(21(23)24)7-13(22)18(11)20(27-3)19(16)26-2/h4-6,8,12,17H,7,9H2,1-3H3,(H,23,24). The Hall–Kier alpha value is -3.42. The highest BCUT2D eigenvalue weighted by Crippen LogP contribution is 2.51. The van der Waals surface area contributed by atoms with E-state index in [0.29, 0.717) is 39.7 Å². The van der Waals surface area contributed by atoms with Gasteiger partial charge < -0.3 is 28.8 Å². The van der Waals surface area contributed by atoms with Crippen molar-refractivity contribution in [3.63, 3.8) is 0 Å². The molecule has 1 heterocycles. The van der Waals surface area contributed by atoms with Crippen LogP contribution in [0, 0.1) is 5.92 Å². The average Bonchev–Trinajstić information content (AvgIpc) is 3.19. The Morgan fingerprint density at radius 1 is 1.03 bits per heavy atom. The Morgan fingerprint density at radius 2 is 1.76 bits per heavy atom. The zero-order chi connectivity index (χ0) is 20.7. The van der Waals surface area contributed by atoms with Gasteiger partial charge in [-0.05, 0) is 29.3 Å². The van der Waals surface area contributed by atoms with E-state index in [1.54, 1.807) is 24.3 Å². The number of benzene rings is 2. The SMILES string of the molecule is COc1cc2c(c(OC)c1OC)C(=O)CC(C(=O)O)C2c1ccc2c(c1)OCO2. The van der Waals surface area contributed by atoms with Crippen LogP contribution in [0.15, 0.2) is 24.3 Å². The van der Waals surface area contributed by atoms with Crippen LogP contribution in [-0.2, 0) is 4.79 Å². The van der Waals surface area contributed by atoms with E-state index < -0.39 is 17.8 Å².